The fourth-order valence-corrected chi connectivity index (χ4v) is 3.55. The molecule has 0 unspecified atom stereocenters. The predicted molar refractivity (Wildman–Crippen MR) is 87.5 cm³/mol. The first-order valence-electron chi connectivity index (χ1n) is 7.76. The number of carbonyl (C=O) groups is 1. The number of aliphatic hydroxyl groups excluding tert-OH is 1. The minimum Gasteiger partial charge on any atom is -0.393 e. The molecule has 3 nitrogen and oxygen atoms in total. The van der Waals surface area contributed by atoms with Crippen LogP contribution in [0.4, 0.5) is 0 Å². The van der Waals surface area contributed by atoms with Gasteiger partial charge in [0.15, 0.2) is 0 Å². The summed E-state index contributed by atoms with van der Waals surface area (Å²) < 4.78 is 0. The summed E-state index contributed by atoms with van der Waals surface area (Å²) in [5, 5.41) is 13.2. The summed E-state index contributed by atoms with van der Waals surface area (Å²) in [6.07, 6.45) is 3.69. The lowest BCUT2D eigenvalue weighted by molar-refractivity contribution is -0.121. The second kappa shape index (κ2) is 7.85. The highest BCUT2D eigenvalue weighted by Crippen LogP contribution is 2.23. The molecule has 0 aromatic heterocycles. The molecule has 1 aromatic carbocycles. The molecule has 0 aliphatic heterocycles. The predicted octanol–water partition coefficient (Wildman–Crippen LogP) is 3.15. The van der Waals surface area contributed by atoms with Crippen molar-refractivity contribution in [2.45, 2.75) is 68.2 Å². The van der Waals surface area contributed by atoms with Crippen molar-refractivity contribution in [3.8, 4) is 0 Å². The summed E-state index contributed by atoms with van der Waals surface area (Å²) in [6, 6.07) is 8.35. The van der Waals surface area contributed by atoms with E-state index in [1.807, 2.05) is 23.9 Å². The molecule has 2 N–H and O–H groups in total. The van der Waals surface area contributed by atoms with Crippen LogP contribution in [0.2, 0.25) is 0 Å². The van der Waals surface area contributed by atoms with Crippen LogP contribution in [-0.2, 0) is 11.2 Å². The largest absolute Gasteiger partial charge is 0.393 e. The van der Waals surface area contributed by atoms with Gasteiger partial charge in [-0.25, -0.2) is 0 Å². The number of nitrogens with one attached hydrogen (secondary N) is 1. The van der Waals surface area contributed by atoms with E-state index in [9.17, 15) is 9.90 Å². The zero-order chi connectivity index (χ0) is 15.2. The number of hydrogen-bond acceptors (Lipinski definition) is 3. The van der Waals surface area contributed by atoms with Crippen molar-refractivity contribution in [2.24, 2.45) is 0 Å². The maximum atomic E-state index is 12.1. The van der Waals surface area contributed by atoms with Crippen molar-refractivity contribution in [1.29, 1.82) is 0 Å². The standard InChI is InChI=1S/C17H25NO2S/c1-12(2)21-16-8-6-13(7-9-16)10-17(20)18-14-4-3-5-15(19)11-14/h6-9,12,14-15,19H,3-5,10-11H2,1-2H3,(H,18,20)/t14-,15+/m0/s1. The number of amides is 1. The molecule has 0 spiro atoms. The second-order valence-corrected chi connectivity index (χ2v) is 7.72. The van der Waals surface area contributed by atoms with Gasteiger partial charge in [0.2, 0.25) is 5.91 Å². The van der Waals surface area contributed by atoms with E-state index in [4.69, 9.17) is 0 Å². The van der Waals surface area contributed by atoms with Crippen molar-refractivity contribution < 1.29 is 9.90 Å². The molecule has 116 valence electrons. The number of hydrogen-bond donors (Lipinski definition) is 2. The third-order valence-corrected chi connectivity index (χ3v) is 4.69. The molecule has 2 atom stereocenters. The summed E-state index contributed by atoms with van der Waals surface area (Å²) in [7, 11) is 0. The van der Waals surface area contributed by atoms with Gasteiger partial charge in [-0.05, 0) is 43.4 Å². The van der Waals surface area contributed by atoms with E-state index in [1.54, 1.807) is 0 Å². The summed E-state index contributed by atoms with van der Waals surface area (Å²) in [6.45, 7) is 4.34. The maximum Gasteiger partial charge on any atom is 0.224 e. The van der Waals surface area contributed by atoms with Gasteiger partial charge in [-0.3, -0.25) is 4.79 Å². The Morgan fingerprint density at radius 1 is 1.33 bits per heavy atom. The maximum absolute atomic E-state index is 12.1. The van der Waals surface area contributed by atoms with Gasteiger partial charge >= 0.3 is 0 Å². The van der Waals surface area contributed by atoms with Crippen LogP contribution >= 0.6 is 11.8 Å². The van der Waals surface area contributed by atoms with E-state index in [0.717, 1.165) is 24.8 Å². The number of benzene rings is 1. The molecule has 1 aromatic rings. The van der Waals surface area contributed by atoms with Gasteiger partial charge in [-0.1, -0.05) is 26.0 Å². The Bertz CT molecular complexity index is 458. The van der Waals surface area contributed by atoms with Crippen LogP contribution < -0.4 is 5.32 Å². The van der Waals surface area contributed by atoms with E-state index in [0.29, 0.717) is 18.1 Å². The second-order valence-electron chi connectivity index (χ2n) is 6.07. The summed E-state index contributed by atoms with van der Waals surface area (Å²) >= 11 is 1.83. The average Bonchev–Trinajstić information content (AvgIpc) is 2.40. The van der Waals surface area contributed by atoms with Gasteiger partial charge in [0.1, 0.15) is 0 Å². The Morgan fingerprint density at radius 2 is 2.05 bits per heavy atom. The van der Waals surface area contributed by atoms with E-state index >= 15 is 0 Å². The summed E-state index contributed by atoms with van der Waals surface area (Å²) in [5.41, 5.74) is 1.04. The number of aliphatic hydroxyl groups is 1. The molecule has 1 fully saturated rings. The van der Waals surface area contributed by atoms with Crippen LogP contribution in [0, 0.1) is 0 Å². The van der Waals surface area contributed by atoms with E-state index in [1.165, 1.54) is 4.90 Å². The zero-order valence-electron chi connectivity index (χ0n) is 12.8. The van der Waals surface area contributed by atoms with Crippen LogP contribution in [0.1, 0.15) is 45.1 Å². The molecule has 0 bridgehead atoms. The Kier molecular flexibility index (Phi) is 6.12. The molecule has 0 saturated heterocycles. The molecule has 1 aliphatic carbocycles. The molecule has 1 amide bonds. The highest BCUT2D eigenvalue weighted by molar-refractivity contribution is 7.99. The zero-order valence-corrected chi connectivity index (χ0v) is 13.7. The number of rotatable bonds is 5. The van der Waals surface area contributed by atoms with Crippen LogP contribution in [0.3, 0.4) is 0 Å². The third kappa shape index (κ3) is 5.71. The summed E-state index contributed by atoms with van der Waals surface area (Å²) in [4.78, 5) is 13.3. The van der Waals surface area contributed by atoms with E-state index in [-0.39, 0.29) is 18.1 Å². The minimum atomic E-state index is -0.253. The van der Waals surface area contributed by atoms with Gasteiger partial charge in [0.05, 0.1) is 12.5 Å². The first-order chi connectivity index (χ1) is 10.0. The Hall–Kier alpha value is -1.00. The molecule has 0 radical (unpaired) electrons. The van der Waals surface area contributed by atoms with Crippen molar-refractivity contribution in [3.05, 3.63) is 29.8 Å². The van der Waals surface area contributed by atoms with Crippen molar-refractivity contribution in [3.63, 3.8) is 0 Å². The topological polar surface area (TPSA) is 49.3 Å². The molecule has 1 aliphatic rings. The van der Waals surface area contributed by atoms with Gasteiger partial charge in [0, 0.05) is 16.2 Å². The van der Waals surface area contributed by atoms with Crippen LogP contribution in [0.25, 0.3) is 0 Å². The molecule has 0 heterocycles. The van der Waals surface area contributed by atoms with Crippen LogP contribution in [-0.4, -0.2) is 28.4 Å². The minimum absolute atomic E-state index is 0.0540. The SMILES string of the molecule is CC(C)Sc1ccc(CC(=O)N[C@H]2CCC[C@@H](O)C2)cc1. The van der Waals surface area contributed by atoms with Crippen molar-refractivity contribution in [2.75, 3.05) is 0 Å². The van der Waals surface area contributed by atoms with Crippen molar-refractivity contribution in [1.82, 2.24) is 5.32 Å². The Morgan fingerprint density at radius 3 is 2.67 bits per heavy atom. The normalized spacial score (nSPS) is 22.3. The monoisotopic (exact) mass is 307 g/mol. The lowest BCUT2D eigenvalue weighted by Gasteiger charge is -2.26. The van der Waals surface area contributed by atoms with Crippen LogP contribution in [0.5, 0.6) is 0 Å². The molecule has 4 heteroatoms. The summed E-state index contributed by atoms with van der Waals surface area (Å²) in [5.74, 6) is 0.0540. The van der Waals surface area contributed by atoms with Crippen LogP contribution in [0.15, 0.2) is 29.2 Å². The fourth-order valence-electron chi connectivity index (χ4n) is 2.72. The molecule has 2 rings (SSSR count). The molecule has 21 heavy (non-hydrogen) atoms. The Labute approximate surface area is 131 Å². The van der Waals surface area contributed by atoms with Gasteiger partial charge in [0.25, 0.3) is 0 Å². The number of carbonyl (C=O) groups excluding carboxylic acids is 1. The van der Waals surface area contributed by atoms with Gasteiger partial charge in [-0.15, -0.1) is 11.8 Å². The van der Waals surface area contributed by atoms with E-state index < -0.39 is 0 Å². The van der Waals surface area contributed by atoms with Crippen molar-refractivity contribution >= 4 is 17.7 Å². The average molecular weight is 307 g/mol. The van der Waals surface area contributed by atoms with Gasteiger partial charge < -0.3 is 10.4 Å². The molecular formula is C17H25NO2S. The lowest BCUT2D eigenvalue weighted by Crippen LogP contribution is -2.40. The highest BCUT2D eigenvalue weighted by atomic mass is 32.2. The quantitative estimate of drug-likeness (QED) is 0.822. The third-order valence-electron chi connectivity index (χ3n) is 3.67. The number of thioether (sulfide) groups is 1. The highest BCUT2D eigenvalue weighted by Gasteiger charge is 2.21. The van der Waals surface area contributed by atoms with Gasteiger partial charge in [-0.2, -0.15) is 0 Å². The first kappa shape index (κ1) is 16.4. The van der Waals surface area contributed by atoms with E-state index in [2.05, 4.69) is 31.3 Å². The smallest absolute Gasteiger partial charge is 0.224 e. The first-order valence-corrected chi connectivity index (χ1v) is 8.64. The lowest BCUT2D eigenvalue weighted by atomic mass is 9.93. The fraction of sp³-hybridized carbons (Fsp3) is 0.588. The Balaban J connectivity index is 1.82. The molecular weight excluding hydrogens is 282 g/mol. The molecule has 1 saturated carbocycles.